The highest BCUT2D eigenvalue weighted by Gasteiger charge is 2.08. The fourth-order valence-electron chi connectivity index (χ4n) is 1.02. The molecule has 0 aliphatic carbocycles. The van der Waals surface area contributed by atoms with Gasteiger partial charge in [0, 0.05) is 5.56 Å². The van der Waals surface area contributed by atoms with E-state index in [1.54, 1.807) is 6.07 Å². The molecule has 5 heteroatoms. The van der Waals surface area contributed by atoms with E-state index in [1.807, 2.05) is 11.5 Å². The lowest BCUT2D eigenvalue weighted by Gasteiger charge is -2.04. The Morgan fingerprint density at radius 3 is 2.86 bits per heavy atom. The lowest BCUT2D eigenvalue weighted by Crippen LogP contribution is -2.29. The number of methoxy groups -OCH3 is 1. The predicted molar refractivity (Wildman–Crippen MR) is 49.4 cm³/mol. The molecule has 0 aliphatic rings. The van der Waals surface area contributed by atoms with Crippen molar-refractivity contribution in [2.75, 3.05) is 7.11 Å². The van der Waals surface area contributed by atoms with Crippen LogP contribution in [-0.2, 0) is 0 Å². The van der Waals surface area contributed by atoms with Crippen LogP contribution in [0.1, 0.15) is 15.9 Å². The van der Waals surface area contributed by atoms with E-state index >= 15 is 0 Å². The second-order valence-corrected chi connectivity index (χ2v) is 2.50. The Bertz CT molecular complexity index is 396. The van der Waals surface area contributed by atoms with E-state index in [4.69, 9.17) is 15.8 Å². The van der Waals surface area contributed by atoms with Gasteiger partial charge in [-0.1, -0.05) is 0 Å². The first kappa shape index (κ1) is 10.0. The van der Waals surface area contributed by atoms with E-state index < -0.39 is 5.91 Å². The molecular formula is C9H9N3O2. The lowest BCUT2D eigenvalue weighted by atomic mass is 10.1. The fraction of sp³-hybridized carbons (Fsp3) is 0.111. The quantitative estimate of drug-likeness (QED) is 0.396. The minimum absolute atomic E-state index is 0.300. The van der Waals surface area contributed by atoms with Crippen molar-refractivity contribution in [2.24, 2.45) is 5.84 Å². The molecule has 0 saturated heterocycles. The van der Waals surface area contributed by atoms with Crippen molar-refractivity contribution in [2.45, 2.75) is 0 Å². The Hall–Kier alpha value is -2.06. The van der Waals surface area contributed by atoms with Gasteiger partial charge in [-0.25, -0.2) is 5.84 Å². The summed E-state index contributed by atoms with van der Waals surface area (Å²) < 4.78 is 4.92. The summed E-state index contributed by atoms with van der Waals surface area (Å²) in [5, 5.41) is 8.74. The number of hydrogen-bond donors (Lipinski definition) is 2. The number of amides is 1. The van der Waals surface area contributed by atoms with Gasteiger partial charge < -0.3 is 4.74 Å². The topological polar surface area (TPSA) is 88.1 Å². The van der Waals surface area contributed by atoms with Crippen molar-refractivity contribution < 1.29 is 9.53 Å². The molecule has 0 aromatic heterocycles. The number of carbonyl (C=O) groups excluding carboxylic acids is 1. The van der Waals surface area contributed by atoms with E-state index in [-0.39, 0.29) is 0 Å². The zero-order valence-corrected chi connectivity index (χ0v) is 7.57. The van der Waals surface area contributed by atoms with Crippen molar-refractivity contribution in [3.05, 3.63) is 29.3 Å². The third-order valence-electron chi connectivity index (χ3n) is 1.71. The number of rotatable bonds is 2. The summed E-state index contributed by atoms with van der Waals surface area (Å²) in [6.07, 6.45) is 0. The molecule has 0 saturated carbocycles. The van der Waals surface area contributed by atoms with E-state index in [9.17, 15) is 4.79 Å². The second kappa shape index (κ2) is 4.25. The number of nitrogen functional groups attached to an aromatic ring is 1. The Labute approximate surface area is 81.1 Å². The minimum atomic E-state index is -0.441. The van der Waals surface area contributed by atoms with E-state index in [2.05, 4.69) is 0 Å². The van der Waals surface area contributed by atoms with Crippen LogP contribution in [0.5, 0.6) is 5.75 Å². The number of nitriles is 1. The molecule has 1 aromatic carbocycles. The number of carbonyl (C=O) groups is 1. The van der Waals surface area contributed by atoms with Crippen LogP contribution < -0.4 is 16.0 Å². The number of hydrogen-bond acceptors (Lipinski definition) is 4. The number of benzene rings is 1. The normalized spacial score (nSPS) is 8.93. The molecule has 14 heavy (non-hydrogen) atoms. The van der Waals surface area contributed by atoms with Crippen LogP contribution in [-0.4, -0.2) is 13.0 Å². The Morgan fingerprint density at radius 1 is 1.64 bits per heavy atom. The minimum Gasteiger partial charge on any atom is -0.495 e. The maximum Gasteiger partial charge on any atom is 0.265 e. The maximum atomic E-state index is 11.1. The molecule has 0 radical (unpaired) electrons. The highest BCUT2D eigenvalue weighted by atomic mass is 16.5. The summed E-state index contributed by atoms with van der Waals surface area (Å²) in [5.41, 5.74) is 2.60. The van der Waals surface area contributed by atoms with Crippen LogP contribution in [0.15, 0.2) is 18.2 Å². The zero-order valence-electron chi connectivity index (χ0n) is 7.57. The van der Waals surface area contributed by atoms with Gasteiger partial charge in [0.05, 0.1) is 12.7 Å². The second-order valence-electron chi connectivity index (χ2n) is 2.50. The molecule has 1 rings (SSSR count). The lowest BCUT2D eigenvalue weighted by molar-refractivity contribution is 0.0953. The molecule has 0 bridgehead atoms. The fourth-order valence-corrected chi connectivity index (χ4v) is 1.02. The first-order chi connectivity index (χ1) is 6.72. The van der Waals surface area contributed by atoms with Crippen LogP contribution in [0.25, 0.3) is 0 Å². The molecule has 72 valence electrons. The number of nitrogens with one attached hydrogen (secondary N) is 1. The molecule has 1 amide bonds. The van der Waals surface area contributed by atoms with Gasteiger partial charge in [0.1, 0.15) is 11.8 Å². The highest BCUT2D eigenvalue weighted by molar-refractivity contribution is 5.94. The Balaban J connectivity index is 3.15. The van der Waals surface area contributed by atoms with Crippen LogP contribution in [0.3, 0.4) is 0 Å². The summed E-state index contributed by atoms with van der Waals surface area (Å²) in [7, 11) is 1.46. The Kier molecular flexibility index (Phi) is 3.05. The third-order valence-corrected chi connectivity index (χ3v) is 1.71. The van der Waals surface area contributed by atoms with Gasteiger partial charge in [-0.2, -0.15) is 5.26 Å². The average molecular weight is 191 g/mol. The first-order valence-electron chi connectivity index (χ1n) is 3.82. The first-order valence-corrected chi connectivity index (χ1v) is 3.82. The van der Waals surface area contributed by atoms with Gasteiger partial charge in [0.15, 0.2) is 0 Å². The summed E-state index contributed by atoms with van der Waals surface area (Å²) in [4.78, 5) is 11.1. The monoisotopic (exact) mass is 191 g/mol. The molecule has 1 aromatic rings. The largest absolute Gasteiger partial charge is 0.495 e. The van der Waals surface area contributed by atoms with Crippen molar-refractivity contribution >= 4 is 5.91 Å². The highest BCUT2D eigenvalue weighted by Crippen LogP contribution is 2.18. The van der Waals surface area contributed by atoms with E-state index in [1.165, 1.54) is 19.2 Å². The van der Waals surface area contributed by atoms with Crippen molar-refractivity contribution in [3.63, 3.8) is 0 Å². The molecule has 0 aliphatic heterocycles. The van der Waals surface area contributed by atoms with Crippen LogP contribution in [0, 0.1) is 11.3 Å². The molecule has 3 N–H and O–H groups in total. The zero-order chi connectivity index (χ0) is 10.6. The summed E-state index contributed by atoms with van der Waals surface area (Å²) >= 11 is 0. The summed E-state index contributed by atoms with van der Waals surface area (Å²) in [6, 6.07) is 6.41. The van der Waals surface area contributed by atoms with Crippen LogP contribution >= 0.6 is 0 Å². The molecule has 0 unspecified atom stereocenters. The predicted octanol–water partition coefficient (Wildman–Crippen LogP) is 0.170. The van der Waals surface area contributed by atoms with Crippen LogP contribution in [0.2, 0.25) is 0 Å². The van der Waals surface area contributed by atoms with Gasteiger partial charge in [-0.15, -0.1) is 0 Å². The van der Waals surface area contributed by atoms with Gasteiger partial charge in [-0.05, 0) is 18.2 Å². The average Bonchev–Trinajstić information content (AvgIpc) is 2.26. The molecule has 5 nitrogen and oxygen atoms in total. The van der Waals surface area contributed by atoms with E-state index in [0.717, 1.165) is 0 Å². The van der Waals surface area contributed by atoms with Gasteiger partial charge >= 0.3 is 0 Å². The summed E-state index contributed by atoms with van der Waals surface area (Å²) in [6.45, 7) is 0. The molecule has 0 atom stereocenters. The number of ether oxygens (including phenoxy) is 1. The maximum absolute atomic E-state index is 11.1. The molecular weight excluding hydrogens is 182 g/mol. The number of nitrogens with two attached hydrogens (primary N) is 1. The SMILES string of the molecule is COc1ccc(C(=O)NN)cc1C#N. The van der Waals surface area contributed by atoms with Gasteiger partial charge in [-0.3, -0.25) is 10.2 Å². The van der Waals surface area contributed by atoms with Crippen molar-refractivity contribution in [1.29, 1.82) is 5.26 Å². The number of nitrogens with zero attached hydrogens (tertiary/aromatic N) is 1. The van der Waals surface area contributed by atoms with Gasteiger partial charge in [0.25, 0.3) is 5.91 Å². The number of hydrazine groups is 1. The smallest absolute Gasteiger partial charge is 0.265 e. The van der Waals surface area contributed by atoms with Crippen molar-refractivity contribution in [1.82, 2.24) is 5.43 Å². The Morgan fingerprint density at radius 2 is 2.36 bits per heavy atom. The summed E-state index contributed by atoms with van der Waals surface area (Å²) in [5.74, 6) is 4.94. The van der Waals surface area contributed by atoms with Crippen LogP contribution in [0.4, 0.5) is 0 Å². The van der Waals surface area contributed by atoms with Gasteiger partial charge in [0.2, 0.25) is 0 Å². The van der Waals surface area contributed by atoms with Crippen molar-refractivity contribution in [3.8, 4) is 11.8 Å². The standard InChI is InChI=1S/C9H9N3O2/c1-14-8-3-2-6(9(13)12-11)4-7(8)5-10/h2-4H,11H2,1H3,(H,12,13). The molecule has 0 spiro atoms. The molecule has 0 heterocycles. The van der Waals surface area contributed by atoms with E-state index in [0.29, 0.717) is 16.9 Å². The molecule has 0 fully saturated rings. The third kappa shape index (κ3) is 1.81.